The third-order valence-electron chi connectivity index (χ3n) is 2.14. The van der Waals surface area contributed by atoms with Gasteiger partial charge in [0.1, 0.15) is 0 Å². The van der Waals surface area contributed by atoms with Gasteiger partial charge >= 0.3 is 0 Å². The van der Waals surface area contributed by atoms with Crippen LogP contribution < -0.4 is 20.4 Å². The first-order chi connectivity index (χ1) is 9.20. The fraction of sp³-hybridized carbons (Fsp3) is 0.600. The van der Waals surface area contributed by atoms with Crippen LogP contribution in [0.4, 0.5) is 0 Å². The first kappa shape index (κ1) is 22.0. The van der Waals surface area contributed by atoms with E-state index < -0.39 is 50.1 Å². The molecule has 0 bridgehead atoms. The maximum Gasteiger partial charge on any atom is 0.0555 e. The molecule has 0 aliphatic rings. The van der Waals surface area contributed by atoms with Crippen molar-refractivity contribution in [3.8, 4) is 0 Å². The predicted molar refractivity (Wildman–Crippen MR) is 52.9 cm³/mol. The van der Waals surface area contributed by atoms with E-state index in [1.54, 1.807) is 0 Å². The molecule has 0 atom stereocenters. The fourth-order valence-corrected chi connectivity index (χ4v) is 1.44. The summed E-state index contributed by atoms with van der Waals surface area (Å²) in [6, 6.07) is 0. The summed E-state index contributed by atoms with van der Waals surface area (Å²) in [6.07, 6.45) is 0. The Morgan fingerprint density at radius 2 is 0.762 bits per heavy atom. The molecule has 0 N–H and O–H groups in total. The van der Waals surface area contributed by atoms with E-state index in [2.05, 4.69) is 0 Å². The minimum atomic E-state index is -1.53. The average molecular weight is 489 g/mol. The summed E-state index contributed by atoms with van der Waals surface area (Å²) in [5.74, 6) is -6.12. The second kappa shape index (κ2) is 11.4. The predicted octanol–water partition coefficient (Wildman–Crippen LogP) is -7.41. The largest absolute Gasteiger partial charge is 0.549 e. The second-order valence-electron chi connectivity index (χ2n) is 3.91. The Morgan fingerprint density at radius 1 is 0.571 bits per heavy atom. The minimum Gasteiger partial charge on any atom is -0.549 e. The van der Waals surface area contributed by atoms with Crippen LogP contribution in [0.15, 0.2) is 0 Å². The topological polar surface area (TPSA) is 167 Å². The molecule has 116 valence electrons. The van der Waals surface area contributed by atoms with Crippen LogP contribution in [-0.2, 0) is 46.8 Å². The summed E-state index contributed by atoms with van der Waals surface area (Å²) in [5.41, 5.74) is 0. The van der Waals surface area contributed by atoms with Gasteiger partial charge < -0.3 is 39.6 Å². The van der Waals surface area contributed by atoms with Gasteiger partial charge in [-0.1, -0.05) is 0 Å². The second-order valence-corrected chi connectivity index (χ2v) is 3.91. The average Bonchev–Trinajstić information content (AvgIpc) is 2.22. The Morgan fingerprint density at radius 3 is 0.905 bits per heavy atom. The molecule has 0 fully saturated rings. The van der Waals surface area contributed by atoms with Crippen LogP contribution in [0.5, 0.6) is 0 Å². The quantitative estimate of drug-likeness (QED) is 0.255. The zero-order chi connectivity index (χ0) is 15.7. The van der Waals surface area contributed by atoms with Gasteiger partial charge in [-0.25, -0.2) is 0 Å². The fourth-order valence-electron chi connectivity index (χ4n) is 1.44. The van der Waals surface area contributed by atoms with Gasteiger partial charge in [-0.3, -0.25) is 9.80 Å². The molecular weight excluding hydrogens is 477 g/mol. The van der Waals surface area contributed by atoms with Gasteiger partial charge in [0.15, 0.2) is 0 Å². The Kier molecular flexibility index (Phi) is 12.0. The monoisotopic (exact) mass is 490 g/mol. The van der Waals surface area contributed by atoms with Gasteiger partial charge in [0.2, 0.25) is 0 Å². The SMILES string of the molecule is O=C([O-])CN(CCN(CC(=O)[O-])CC(=O)[O-])CC(=O)[O-].[Hg]. The Labute approximate surface area is 140 Å². The Bertz CT molecular complexity index is 321. The minimum absolute atomic E-state index is 0. The Balaban J connectivity index is 0. The first-order valence-electron chi connectivity index (χ1n) is 5.44. The summed E-state index contributed by atoms with van der Waals surface area (Å²) in [4.78, 5) is 43.4. The molecule has 21 heavy (non-hydrogen) atoms. The number of hydrogen-bond acceptors (Lipinski definition) is 10. The van der Waals surface area contributed by atoms with Crippen molar-refractivity contribution in [3.63, 3.8) is 0 Å². The van der Waals surface area contributed by atoms with Crippen LogP contribution >= 0.6 is 0 Å². The zero-order valence-electron chi connectivity index (χ0n) is 11.1. The number of hydrogen-bond donors (Lipinski definition) is 0. The number of carboxylic acid groups (broad SMARTS) is 4. The van der Waals surface area contributed by atoms with E-state index in [0.29, 0.717) is 0 Å². The number of aliphatic carboxylic acids is 4. The molecule has 0 unspecified atom stereocenters. The van der Waals surface area contributed by atoms with Gasteiger partial charge in [0.25, 0.3) is 0 Å². The van der Waals surface area contributed by atoms with E-state index in [9.17, 15) is 39.6 Å². The summed E-state index contributed by atoms with van der Waals surface area (Å²) in [6.45, 7) is -3.25. The van der Waals surface area contributed by atoms with Crippen molar-refractivity contribution >= 4 is 23.9 Å². The maximum atomic E-state index is 10.4. The van der Waals surface area contributed by atoms with Crippen molar-refractivity contribution in [2.75, 3.05) is 39.3 Å². The zero-order valence-corrected chi connectivity index (χ0v) is 16.6. The van der Waals surface area contributed by atoms with E-state index in [4.69, 9.17) is 0 Å². The molecule has 0 spiro atoms. The van der Waals surface area contributed by atoms with E-state index in [-0.39, 0.29) is 40.8 Å². The van der Waals surface area contributed by atoms with Crippen LogP contribution in [-0.4, -0.2) is 72.9 Å². The molecule has 0 aromatic rings. The molecule has 0 saturated heterocycles. The van der Waals surface area contributed by atoms with Crippen LogP contribution in [0, 0.1) is 0 Å². The molecule has 0 aliphatic carbocycles. The van der Waals surface area contributed by atoms with Gasteiger partial charge in [0, 0.05) is 66.9 Å². The van der Waals surface area contributed by atoms with Crippen molar-refractivity contribution < 1.29 is 67.3 Å². The van der Waals surface area contributed by atoms with E-state index in [1.165, 1.54) is 0 Å². The molecule has 0 aromatic heterocycles. The van der Waals surface area contributed by atoms with Crippen LogP contribution in [0.25, 0.3) is 0 Å². The number of carbonyl (C=O) groups is 4. The number of carbonyl (C=O) groups excluding carboxylic acids is 4. The smallest absolute Gasteiger partial charge is 0.0555 e. The van der Waals surface area contributed by atoms with Crippen molar-refractivity contribution in [1.29, 1.82) is 0 Å². The molecule has 0 aliphatic heterocycles. The molecule has 0 saturated carbocycles. The normalized spacial score (nSPS) is 10.2. The van der Waals surface area contributed by atoms with E-state index >= 15 is 0 Å². The third kappa shape index (κ3) is 13.5. The van der Waals surface area contributed by atoms with Crippen molar-refractivity contribution in [2.24, 2.45) is 0 Å². The number of rotatable bonds is 11. The molecule has 0 aromatic carbocycles. The van der Waals surface area contributed by atoms with Gasteiger partial charge in [-0.15, -0.1) is 0 Å². The molecule has 10 nitrogen and oxygen atoms in total. The maximum absolute atomic E-state index is 10.4. The van der Waals surface area contributed by atoms with Gasteiger partial charge in [0.05, 0.1) is 23.9 Å². The van der Waals surface area contributed by atoms with Crippen molar-refractivity contribution in [3.05, 3.63) is 0 Å². The summed E-state index contributed by atoms with van der Waals surface area (Å²) in [5, 5.41) is 41.6. The van der Waals surface area contributed by atoms with E-state index in [0.717, 1.165) is 9.80 Å². The number of carboxylic acids is 4. The standard InChI is InChI=1S/C10H16N2O8.Hg/c13-7(14)3-11(4-8(15)16)1-2-12(5-9(17)18)6-10(19)20;/h1-6H2,(H,13,14)(H,15,16)(H,17,18)(H,19,20);/p-4. The van der Waals surface area contributed by atoms with Gasteiger partial charge in [-0.2, -0.15) is 0 Å². The molecule has 11 heteroatoms. The summed E-state index contributed by atoms with van der Waals surface area (Å²) < 4.78 is 0. The third-order valence-corrected chi connectivity index (χ3v) is 2.14. The van der Waals surface area contributed by atoms with Crippen molar-refractivity contribution in [1.82, 2.24) is 9.80 Å². The molecule has 0 heterocycles. The first-order valence-corrected chi connectivity index (χ1v) is 5.44. The Hall–Kier alpha value is -1.26. The summed E-state index contributed by atoms with van der Waals surface area (Å²) >= 11 is 0. The van der Waals surface area contributed by atoms with Crippen molar-refractivity contribution in [2.45, 2.75) is 0 Å². The van der Waals surface area contributed by atoms with Gasteiger partial charge in [-0.05, 0) is 0 Å². The van der Waals surface area contributed by atoms with Crippen LogP contribution in [0.3, 0.4) is 0 Å². The molecule has 0 amide bonds. The summed E-state index contributed by atoms with van der Waals surface area (Å²) in [7, 11) is 0. The van der Waals surface area contributed by atoms with Crippen LogP contribution in [0.1, 0.15) is 0 Å². The van der Waals surface area contributed by atoms with Crippen LogP contribution in [0.2, 0.25) is 0 Å². The number of nitrogens with zero attached hydrogens (tertiary/aromatic N) is 2. The molecular formula is C10H12HgN2O8-4. The molecule has 0 radical (unpaired) electrons. The van der Waals surface area contributed by atoms with E-state index in [1.807, 2.05) is 0 Å². The molecule has 0 rings (SSSR count).